The van der Waals surface area contributed by atoms with Crippen LogP contribution in [0.4, 0.5) is 0 Å². The van der Waals surface area contributed by atoms with E-state index in [0.29, 0.717) is 0 Å². The summed E-state index contributed by atoms with van der Waals surface area (Å²) >= 11 is 0. The van der Waals surface area contributed by atoms with Gasteiger partial charge in [0.05, 0.1) is 0 Å². The fraction of sp³-hybridized carbons (Fsp3) is 0. The van der Waals surface area contributed by atoms with E-state index in [9.17, 15) is 0 Å². The van der Waals surface area contributed by atoms with Crippen molar-refractivity contribution in [3.05, 3.63) is 225 Å². The van der Waals surface area contributed by atoms with Crippen molar-refractivity contribution in [1.82, 2.24) is 0 Å². The molecule has 6 aromatic carbocycles. The van der Waals surface area contributed by atoms with Crippen molar-refractivity contribution < 1.29 is 0 Å². The van der Waals surface area contributed by atoms with Crippen molar-refractivity contribution in [3.63, 3.8) is 0 Å². The number of rotatable bonds is 10. The Morgan fingerprint density at radius 3 is 1.04 bits per heavy atom. The van der Waals surface area contributed by atoms with Crippen LogP contribution in [-0.2, 0) is 0 Å². The second kappa shape index (κ2) is 14.5. The SMILES string of the molecule is C=C[PH](c1ccccc1)(c1ccccc1)c1ccccc1.C=Cc1ccccc1P(C=C)(C=C)(c1ccccc1)c1ccccc1. The molecule has 0 amide bonds. The fourth-order valence-electron chi connectivity index (χ4n) is 6.67. The van der Waals surface area contributed by atoms with Gasteiger partial charge >= 0.3 is 277 Å². The second-order valence-electron chi connectivity index (χ2n) is 11.2. The van der Waals surface area contributed by atoms with Gasteiger partial charge in [-0.15, -0.1) is 0 Å². The standard InChI is InChI=1S/C24H23P.C20H19P/c1-4-21-15-13-14-20-24(21)25(5-2,6-3,22-16-9-7-10-17-22)23-18-11-8-12-19-23;1-2-21(18-12-6-3-7-13-18,19-14-8-4-9-15-19)20-16-10-5-11-17-20/h4-20H,1-3H2;2-17,21H,1H2. The zero-order valence-corrected chi connectivity index (χ0v) is 28.2. The van der Waals surface area contributed by atoms with Crippen LogP contribution in [0.5, 0.6) is 0 Å². The summed E-state index contributed by atoms with van der Waals surface area (Å²) in [6.07, 6.45) is 1.93. The van der Waals surface area contributed by atoms with E-state index in [4.69, 9.17) is 0 Å². The van der Waals surface area contributed by atoms with E-state index >= 15 is 0 Å². The number of hydrogen-bond acceptors (Lipinski definition) is 0. The van der Waals surface area contributed by atoms with Crippen LogP contribution in [0.15, 0.2) is 220 Å². The molecule has 0 fully saturated rings. The van der Waals surface area contributed by atoms with Gasteiger partial charge in [-0.05, 0) is 0 Å². The van der Waals surface area contributed by atoms with Crippen LogP contribution in [0.25, 0.3) is 6.08 Å². The van der Waals surface area contributed by atoms with E-state index in [0.717, 1.165) is 5.56 Å². The Bertz CT molecular complexity index is 1750. The first-order chi connectivity index (χ1) is 22.6. The number of hydrogen-bond donors (Lipinski definition) is 0. The van der Waals surface area contributed by atoms with E-state index in [1.54, 1.807) is 0 Å². The first kappa shape index (κ1) is 32.5. The van der Waals surface area contributed by atoms with Crippen LogP contribution < -0.4 is 31.8 Å². The van der Waals surface area contributed by atoms with Crippen molar-refractivity contribution in [3.8, 4) is 0 Å². The first-order valence-electron chi connectivity index (χ1n) is 15.5. The summed E-state index contributed by atoms with van der Waals surface area (Å²) in [4.78, 5) is 0. The molecule has 0 saturated carbocycles. The summed E-state index contributed by atoms with van der Waals surface area (Å²) in [5.41, 5.74) is 1.12. The monoisotopic (exact) mass is 632 g/mol. The van der Waals surface area contributed by atoms with Gasteiger partial charge in [-0.25, -0.2) is 0 Å². The molecule has 0 spiro atoms. The van der Waals surface area contributed by atoms with Gasteiger partial charge in [0.1, 0.15) is 0 Å². The zero-order chi connectivity index (χ0) is 32.3. The van der Waals surface area contributed by atoms with Crippen LogP contribution in [0.3, 0.4) is 0 Å². The van der Waals surface area contributed by atoms with Crippen molar-refractivity contribution >= 4 is 51.8 Å². The summed E-state index contributed by atoms with van der Waals surface area (Å²) in [5.74, 6) is 6.45. The van der Waals surface area contributed by atoms with Gasteiger partial charge in [0.15, 0.2) is 0 Å². The average molecular weight is 633 g/mol. The summed E-state index contributed by atoms with van der Waals surface area (Å²) in [6, 6.07) is 61.9. The maximum atomic E-state index is 4.33. The Labute approximate surface area is 276 Å². The first-order valence-corrected chi connectivity index (χ1v) is 20.0. The van der Waals surface area contributed by atoms with Gasteiger partial charge in [-0.2, -0.15) is 0 Å². The third-order valence-corrected chi connectivity index (χ3v) is 19.2. The Hall–Kier alpha value is -4.86. The molecule has 0 nitrogen and oxygen atoms in total. The van der Waals surface area contributed by atoms with Crippen LogP contribution in [0, 0.1) is 0 Å². The Morgan fingerprint density at radius 2 is 0.717 bits per heavy atom. The summed E-state index contributed by atoms with van der Waals surface area (Å²) in [7, 11) is -2.13. The van der Waals surface area contributed by atoms with Gasteiger partial charge in [-0.3, -0.25) is 0 Å². The zero-order valence-electron chi connectivity index (χ0n) is 26.3. The molecule has 0 unspecified atom stereocenters. The van der Waals surface area contributed by atoms with Crippen molar-refractivity contribution in [2.45, 2.75) is 0 Å². The quantitative estimate of drug-likeness (QED) is 0.132. The molecule has 0 bridgehead atoms. The van der Waals surface area contributed by atoms with Gasteiger partial charge < -0.3 is 0 Å². The molecular formula is C44H42P2. The predicted octanol–water partition coefficient (Wildman–Crippen LogP) is 9.30. The van der Waals surface area contributed by atoms with Crippen LogP contribution in [-0.4, -0.2) is 0 Å². The van der Waals surface area contributed by atoms with E-state index in [1.807, 2.05) is 24.3 Å². The molecule has 0 aromatic heterocycles. The predicted molar refractivity (Wildman–Crippen MR) is 212 cm³/mol. The van der Waals surface area contributed by atoms with Crippen molar-refractivity contribution in [2.24, 2.45) is 0 Å². The second-order valence-corrected chi connectivity index (χ2v) is 19.7. The van der Waals surface area contributed by atoms with Gasteiger partial charge in [-0.1, -0.05) is 0 Å². The topological polar surface area (TPSA) is 0 Å². The van der Waals surface area contributed by atoms with Crippen molar-refractivity contribution in [2.75, 3.05) is 0 Å². The van der Waals surface area contributed by atoms with Crippen LogP contribution in [0.2, 0.25) is 0 Å². The molecule has 228 valence electrons. The van der Waals surface area contributed by atoms with Crippen LogP contribution >= 0.6 is 13.9 Å². The molecule has 0 heterocycles. The molecule has 0 radical (unpaired) electrons. The fourth-order valence-corrected chi connectivity index (χ4v) is 15.5. The molecule has 2 heteroatoms. The Kier molecular flexibility index (Phi) is 10.2. The molecule has 0 N–H and O–H groups in total. The van der Waals surface area contributed by atoms with Gasteiger partial charge in [0.25, 0.3) is 0 Å². The molecular weight excluding hydrogens is 590 g/mol. The van der Waals surface area contributed by atoms with E-state index < -0.39 is 13.9 Å². The molecule has 0 aliphatic heterocycles. The molecule has 46 heavy (non-hydrogen) atoms. The van der Waals surface area contributed by atoms with Crippen LogP contribution in [0.1, 0.15) is 5.56 Å². The summed E-state index contributed by atoms with van der Waals surface area (Å²) in [5, 5.41) is 7.82. The van der Waals surface area contributed by atoms with E-state index in [2.05, 4.69) is 201 Å². The van der Waals surface area contributed by atoms with Crippen molar-refractivity contribution in [1.29, 1.82) is 0 Å². The summed E-state index contributed by atoms with van der Waals surface area (Å²) < 4.78 is 0. The Balaban J connectivity index is 0.000000184. The number of benzene rings is 6. The molecule has 0 atom stereocenters. The minimum atomic E-state index is -3.04. The molecule has 6 rings (SSSR count). The van der Waals surface area contributed by atoms with Gasteiger partial charge in [0, 0.05) is 0 Å². The molecule has 0 saturated heterocycles. The third-order valence-electron chi connectivity index (χ3n) is 9.05. The minimum absolute atomic E-state index is 1.12. The van der Waals surface area contributed by atoms with E-state index in [-0.39, 0.29) is 0 Å². The Morgan fingerprint density at radius 1 is 0.391 bits per heavy atom. The van der Waals surface area contributed by atoms with Gasteiger partial charge in [0.2, 0.25) is 0 Å². The molecule has 6 aromatic rings. The maximum absolute atomic E-state index is 4.33. The van der Waals surface area contributed by atoms with E-state index in [1.165, 1.54) is 31.8 Å². The molecule has 0 aliphatic carbocycles. The average Bonchev–Trinajstić information content (AvgIpc) is 3.16. The molecule has 0 aliphatic rings. The normalized spacial score (nSPS) is 12.2. The third kappa shape index (κ3) is 5.57. The summed E-state index contributed by atoms with van der Waals surface area (Å²) in [6.45, 7) is 13.9.